The van der Waals surface area contributed by atoms with Crippen molar-refractivity contribution in [3.8, 4) is 5.69 Å². The molecule has 0 saturated heterocycles. The van der Waals surface area contributed by atoms with Gasteiger partial charge in [-0.3, -0.25) is 9.36 Å². The van der Waals surface area contributed by atoms with E-state index in [1.807, 2.05) is 34.9 Å². The van der Waals surface area contributed by atoms with Crippen molar-refractivity contribution in [3.05, 3.63) is 42.5 Å². The van der Waals surface area contributed by atoms with Crippen LogP contribution >= 0.6 is 0 Å². The van der Waals surface area contributed by atoms with Crippen LogP contribution in [0.2, 0.25) is 0 Å². The van der Waals surface area contributed by atoms with Gasteiger partial charge in [0, 0.05) is 12.1 Å². The summed E-state index contributed by atoms with van der Waals surface area (Å²) in [5, 5.41) is 17.8. The number of carboxylic acids is 1. The normalized spacial score (nSPS) is 17.5. The van der Waals surface area contributed by atoms with E-state index in [-0.39, 0.29) is 0 Å². The van der Waals surface area contributed by atoms with Crippen molar-refractivity contribution in [1.29, 1.82) is 0 Å². The Kier molecular flexibility index (Phi) is 3.73. The molecule has 1 aromatic heterocycles. The summed E-state index contributed by atoms with van der Waals surface area (Å²) in [5.41, 5.74) is 0.284. The van der Waals surface area contributed by atoms with Gasteiger partial charge in [0.2, 0.25) is 0 Å². The lowest BCUT2D eigenvalue weighted by Crippen LogP contribution is -2.36. The number of aromatic nitrogens is 3. The Labute approximate surface area is 123 Å². The standard InChI is InChI=1S/C16H19N3O2/c20-15(21)16(9-5-2-6-10-16)11-14-18-17-12-19(14)13-7-3-1-4-8-13/h1,3-4,7-8,12H,2,5-6,9-11H2,(H,20,21). The van der Waals surface area contributed by atoms with E-state index >= 15 is 0 Å². The summed E-state index contributed by atoms with van der Waals surface area (Å²) in [6.45, 7) is 0. The second kappa shape index (κ2) is 5.68. The largest absolute Gasteiger partial charge is 0.481 e. The average molecular weight is 285 g/mol. The van der Waals surface area contributed by atoms with Gasteiger partial charge < -0.3 is 5.11 Å². The molecule has 1 saturated carbocycles. The maximum Gasteiger partial charge on any atom is 0.310 e. The summed E-state index contributed by atoms with van der Waals surface area (Å²) in [6.07, 6.45) is 6.63. The first-order valence-electron chi connectivity index (χ1n) is 7.39. The fraction of sp³-hybridized carbons (Fsp3) is 0.438. The molecular weight excluding hydrogens is 266 g/mol. The van der Waals surface area contributed by atoms with Crippen LogP contribution in [0.1, 0.15) is 37.9 Å². The van der Waals surface area contributed by atoms with Gasteiger partial charge in [-0.1, -0.05) is 37.5 Å². The number of carbonyl (C=O) groups is 1. The second-order valence-electron chi connectivity index (χ2n) is 5.78. The first-order chi connectivity index (χ1) is 10.2. The third-order valence-electron chi connectivity index (χ3n) is 4.41. The minimum Gasteiger partial charge on any atom is -0.481 e. The molecule has 1 fully saturated rings. The lowest BCUT2D eigenvalue weighted by atomic mass is 9.71. The predicted octanol–water partition coefficient (Wildman–Crippen LogP) is 2.84. The van der Waals surface area contributed by atoms with E-state index in [9.17, 15) is 9.90 Å². The number of aliphatic carboxylic acids is 1. The number of hydrogen-bond acceptors (Lipinski definition) is 3. The molecule has 3 rings (SSSR count). The van der Waals surface area contributed by atoms with Gasteiger partial charge in [0.25, 0.3) is 0 Å². The van der Waals surface area contributed by atoms with E-state index in [0.29, 0.717) is 6.42 Å². The number of hydrogen-bond donors (Lipinski definition) is 1. The van der Waals surface area contributed by atoms with Crippen molar-refractivity contribution in [1.82, 2.24) is 14.8 Å². The Morgan fingerprint density at radius 2 is 1.90 bits per heavy atom. The molecule has 1 aliphatic rings. The van der Waals surface area contributed by atoms with E-state index < -0.39 is 11.4 Å². The molecule has 0 atom stereocenters. The molecular formula is C16H19N3O2. The van der Waals surface area contributed by atoms with Crippen LogP contribution < -0.4 is 0 Å². The zero-order valence-corrected chi connectivity index (χ0v) is 11.9. The van der Waals surface area contributed by atoms with E-state index in [1.54, 1.807) is 6.33 Å². The van der Waals surface area contributed by atoms with Gasteiger partial charge in [0.05, 0.1) is 5.41 Å². The highest BCUT2D eigenvalue weighted by atomic mass is 16.4. The maximum atomic E-state index is 11.8. The van der Waals surface area contributed by atoms with Crippen LogP contribution in [-0.4, -0.2) is 25.8 Å². The fourth-order valence-electron chi connectivity index (χ4n) is 3.18. The van der Waals surface area contributed by atoms with Gasteiger partial charge in [0.1, 0.15) is 12.2 Å². The number of carboxylic acid groups (broad SMARTS) is 1. The Morgan fingerprint density at radius 3 is 2.57 bits per heavy atom. The number of nitrogens with zero attached hydrogens (tertiary/aromatic N) is 3. The summed E-state index contributed by atoms with van der Waals surface area (Å²) in [4.78, 5) is 11.8. The van der Waals surface area contributed by atoms with Gasteiger partial charge in [-0.25, -0.2) is 0 Å². The minimum absolute atomic E-state index is 0.442. The quantitative estimate of drug-likeness (QED) is 0.938. The van der Waals surface area contributed by atoms with Crippen LogP contribution in [0.4, 0.5) is 0 Å². The molecule has 0 radical (unpaired) electrons. The topological polar surface area (TPSA) is 68.0 Å². The molecule has 1 N–H and O–H groups in total. The monoisotopic (exact) mass is 285 g/mol. The lowest BCUT2D eigenvalue weighted by molar-refractivity contribution is -0.151. The van der Waals surface area contributed by atoms with E-state index in [0.717, 1.165) is 43.6 Å². The molecule has 0 aliphatic heterocycles. The van der Waals surface area contributed by atoms with Gasteiger partial charge in [0.15, 0.2) is 0 Å². The van der Waals surface area contributed by atoms with Gasteiger partial charge in [-0.15, -0.1) is 10.2 Å². The summed E-state index contributed by atoms with van der Waals surface area (Å²) in [5.74, 6) is 0.0234. The molecule has 1 aromatic carbocycles. The highest BCUT2D eigenvalue weighted by Gasteiger charge is 2.41. The van der Waals surface area contributed by atoms with E-state index in [4.69, 9.17) is 0 Å². The SMILES string of the molecule is O=C(O)C1(Cc2nncn2-c2ccccc2)CCCCC1. The number of para-hydroxylation sites is 1. The number of benzene rings is 1. The predicted molar refractivity (Wildman–Crippen MR) is 78.2 cm³/mol. The maximum absolute atomic E-state index is 11.8. The smallest absolute Gasteiger partial charge is 0.310 e. The van der Waals surface area contributed by atoms with Crippen LogP contribution in [0, 0.1) is 5.41 Å². The summed E-state index contributed by atoms with van der Waals surface area (Å²) < 4.78 is 1.89. The molecule has 21 heavy (non-hydrogen) atoms. The fourth-order valence-corrected chi connectivity index (χ4v) is 3.18. The Balaban J connectivity index is 1.91. The minimum atomic E-state index is -0.704. The van der Waals surface area contributed by atoms with Crippen molar-refractivity contribution in [3.63, 3.8) is 0 Å². The van der Waals surface area contributed by atoms with Gasteiger partial charge in [-0.05, 0) is 25.0 Å². The van der Waals surface area contributed by atoms with Gasteiger partial charge in [-0.2, -0.15) is 0 Å². The molecule has 0 unspecified atom stereocenters. The van der Waals surface area contributed by atoms with Crippen molar-refractivity contribution >= 4 is 5.97 Å². The highest BCUT2D eigenvalue weighted by Crippen LogP contribution is 2.39. The first-order valence-corrected chi connectivity index (χ1v) is 7.39. The van der Waals surface area contributed by atoms with Crippen LogP contribution in [0.25, 0.3) is 5.69 Å². The number of rotatable bonds is 4. The molecule has 1 aliphatic carbocycles. The summed E-state index contributed by atoms with van der Waals surface area (Å²) in [7, 11) is 0. The van der Waals surface area contributed by atoms with Crippen molar-refractivity contribution < 1.29 is 9.90 Å². The average Bonchev–Trinajstić information content (AvgIpc) is 2.97. The zero-order chi connectivity index (χ0) is 14.7. The molecule has 0 bridgehead atoms. The van der Waals surface area contributed by atoms with Crippen molar-refractivity contribution in [2.24, 2.45) is 5.41 Å². The van der Waals surface area contributed by atoms with Crippen LogP contribution in [0.5, 0.6) is 0 Å². The van der Waals surface area contributed by atoms with E-state index in [2.05, 4.69) is 10.2 Å². The van der Waals surface area contributed by atoms with Crippen molar-refractivity contribution in [2.45, 2.75) is 38.5 Å². The lowest BCUT2D eigenvalue weighted by Gasteiger charge is -2.32. The third kappa shape index (κ3) is 2.68. The Bertz CT molecular complexity index is 615. The molecule has 2 aromatic rings. The van der Waals surface area contributed by atoms with Crippen molar-refractivity contribution in [2.75, 3.05) is 0 Å². The highest BCUT2D eigenvalue weighted by molar-refractivity contribution is 5.75. The molecule has 5 heteroatoms. The zero-order valence-electron chi connectivity index (χ0n) is 11.9. The Morgan fingerprint density at radius 1 is 1.19 bits per heavy atom. The first kappa shape index (κ1) is 13.8. The second-order valence-corrected chi connectivity index (χ2v) is 5.78. The molecule has 5 nitrogen and oxygen atoms in total. The molecule has 110 valence electrons. The molecule has 0 spiro atoms. The molecule has 0 amide bonds. The van der Waals surface area contributed by atoms with Crippen LogP contribution in [0.3, 0.4) is 0 Å². The molecule has 1 heterocycles. The summed E-state index contributed by atoms with van der Waals surface area (Å²) in [6, 6.07) is 9.80. The Hall–Kier alpha value is -2.17. The summed E-state index contributed by atoms with van der Waals surface area (Å²) >= 11 is 0. The van der Waals surface area contributed by atoms with Gasteiger partial charge >= 0.3 is 5.97 Å². The third-order valence-corrected chi connectivity index (χ3v) is 4.41. The van der Waals surface area contributed by atoms with E-state index in [1.165, 1.54) is 0 Å². The van der Waals surface area contributed by atoms with Crippen LogP contribution in [0.15, 0.2) is 36.7 Å². The van der Waals surface area contributed by atoms with Crippen LogP contribution in [-0.2, 0) is 11.2 Å².